The monoisotopic (exact) mass is 305 g/mol. The molecule has 0 aliphatic carbocycles. The zero-order chi connectivity index (χ0) is 14.5. The second kappa shape index (κ2) is 7.27. The van der Waals surface area contributed by atoms with E-state index in [0.717, 1.165) is 43.1 Å². The predicted molar refractivity (Wildman–Crippen MR) is 87.8 cm³/mol. The number of ether oxygens (including phenoxy) is 1. The summed E-state index contributed by atoms with van der Waals surface area (Å²) in [6, 6.07) is 4.03. The van der Waals surface area contributed by atoms with Gasteiger partial charge in [-0.25, -0.2) is 9.97 Å². The molecule has 0 radical (unpaired) electrons. The number of aryl methyl sites for hydroxylation is 1. The molecule has 1 saturated heterocycles. The molecule has 3 rings (SSSR count). The van der Waals surface area contributed by atoms with Gasteiger partial charge in [-0.05, 0) is 48.8 Å². The van der Waals surface area contributed by atoms with Gasteiger partial charge in [0.1, 0.15) is 11.3 Å². The molecule has 114 valence electrons. The lowest BCUT2D eigenvalue weighted by Crippen LogP contribution is -2.16. The van der Waals surface area contributed by atoms with Gasteiger partial charge in [0, 0.05) is 32.9 Å². The number of nitrogens with zero attached hydrogens (tertiary/aromatic N) is 3. The lowest BCUT2D eigenvalue weighted by atomic mass is 9.98. The lowest BCUT2D eigenvalue weighted by molar-refractivity contribution is 0.190. The van der Waals surface area contributed by atoms with Crippen molar-refractivity contribution in [2.24, 2.45) is 5.92 Å². The average Bonchev–Trinajstić information content (AvgIpc) is 2.86. The van der Waals surface area contributed by atoms with Crippen molar-refractivity contribution in [1.29, 1.82) is 0 Å². The summed E-state index contributed by atoms with van der Waals surface area (Å²) in [5, 5.41) is 0. The third-order valence-electron chi connectivity index (χ3n) is 4.13. The zero-order valence-electron chi connectivity index (χ0n) is 12.6. The molecule has 0 unspecified atom stereocenters. The molecule has 0 saturated carbocycles. The summed E-state index contributed by atoms with van der Waals surface area (Å²) in [5.41, 5.74) is 2.05. The largest absolute Gasteiger partial charge is 0.385 e. The van der Waals surface area contributed by atoms with E-state index in [-0.39, 0.29) is 0 Å². The fourth-order valence-corrected chi connectivity index (χ4v) is 4.18. The Morgan fingerprint density at radius 1 is 1.38 bits per heavy atom. The molecular weight excluding hydrogens is 282 g/mol. The van der Waals surface area contributed by atoms with Crippen LogP contribution < -0.4 is 0 Å². The molecule has 5 heteroatoms. The summed E-state index contributed by atoms with van der Waals surface area (Å²) in [6.07, 6.45) is 6.59. The lowest BCUT2D eigenvalue weighted by Gasteiger charge is -2.21. The van der Waals surface area contributed by atoms with Crippen molar-refractivity contribution >= 4 is 22.9 Å². The Morgan fingerprint density at radius 3 is 3.05 bits per heavy atom. The molecule has 0 spiro atoms. The van der Waals surface area contributed by atoms with E-state index in [1.165, 1.54) is 30.2 Å². The molecule has 3 heterocycles. The van der Waals surface area contributed by atoms with Crippen molar-refractivity contribution in [3.05, 3.63) is 24.2 Å². The van der Waals surface area contributed by atoms with Crippen LogP contribution in [0.25, 0.3) is 11.2 Å². The first-order valence-electron chi connectivity index (χ1n) is 7.75. The van der Waals surface area contributed by atoms with Gasteiger partial charge in [-0.1, -0.05) is 0 Å². The van der Waals surface area contributed by atoms with Crippen LogP contribution in [0.15, 0.2) is 18.3 Å². The Morgan fingerprint density at radius 2 is 2.24 bits per heavy atom. The second-order valence-electron chi connectivity index (χ2n) is 5.63. The topological polar surface area (TPSA) is 39.9 Å². The summed E-state index contributed by atoms with van der Waals surface area (Å²) in [6.45, 7) is 1.73. The fraction of sp³-hybridized carbons (Fsp3) is 0.625. The number of pyridine rings is 1. The summed E-state index contributed by atoms with van der Waals surface area (Å²) in [7, 11) is 1.75. The van der Waals surface area contributed by atoms with Crippen LogP contribution in [0.5, 0.6) is 0 Å². The number of thioether (sulfide) groups is 1. The normalized spacial score (nSPS) is 16.6. The van der Waals surface area contributed by atoms with Gasteiger partial charge in [0.25, 0.3) is 0 Å². The van der Waals surface area contributed by atoms with Crippen LogP contribution in [0.2, 0.25) is 0 Å². The SMILES string of the molecule is COCCCn1c(CC2CCSCC2)nc2cccnc21. The van der Waals surface area contributed by atoms with Gasteiger partial charge in [0.2, 0.25) is 0 Å². The zero-order valence-corrected chi connectivity index (χ0v) is 13.4. The van der Waals surface area contributed by atoms with E-state index in [2.05, 4.69) is 27.4 Å². The van der Waals surface area contributed by atoms with E-state index >= 15 is 0 Å². The highest BCUT2D eigenvalue weighted by atomic mass is 32.2. The summed E-state index contributed by atoms with van der Waals surface area (Å²) in [4.78, 5) is 9.37. The molecule has 0 amide bonds. The third-order valence-corrected chi connectivity index (χ3v) is 5.17. The minimum absolute atomic E-state index is 0.782. The minimum atomic E-state index is 0.782. The quantitative estimate of drug-likeness (QED) is 0.769. The first-order chi connectivity index (χ1) is 10.4. The molecule has 0 atom stereocenters. The van der Waals surface area contributed by atoms with Gasteiger partial charge in [-0.15, -0.1) is 0 Å². The standard InChI is InChI=1S/C16H23N3OS/c1-20-9-3-8-19-15(12-13-5-10-21-11-6-13)18-14-4-2-7-17-16(14)19/h2,4,7,13H,3,5-6,8-12H2,1H3. The maximum absolute atomic E-state index is 5.19. The van der Waals surface area contributed by atoms with Crippen LogP contribution in [0.1, 0.15) is 25.1 Å². The van der Waals surface area contributed by atoms with Crippen LogP contribution in [-0.2, 0) is 17.7 Å². The highest BCUT2D eigenvalue weighted by Crippen LogP contribution is 2.26. The molecule has 0 bridgehead atoms. The van der Waals surface area contributed by atoms with Crippen LogP contribution in [0, 0.1) is 5.92 Å². The Bertz CT molecular complexity index is 578. The Hall–Kier alpha value is -1.07. The molecule has 1 fully saturated rings. The molecule has 2 aromatic heterocycles. The van der Waals surface area contributed by atoms with Gasteiger partial charge in [-0.3, -0.25) is 0 Å². The average molecular weight is 305 g/mol. The first kappa shape index (κ1) is 14.9. The van der Waals surface area contributed by atoms with Crippen molar-refractivity contribution in [2.45, 2.75) is 32.2 Å². The molecule has 0 N–H and O–H groups in total. The number of rotatable bonds is 6. The maximum Gasteiger partial charge on any atom is 0.159 e. The van der Waals surface area contributed by atoms with Gasteiger partial charge in [0.05, 0.1) is 0 Å². The Balaban J connectivity index is 1.82. The molecule has 0 aromatic carbocycles. The summed E-state index contributed by atoms with van der Waals surface area (Å²) < 4.78 is 7.49. The third kappa shape index (κ3) is 3.58. The molecule has 1 aliphatic heterocycles. The highest BCUT2D eigenvalue weighted by molar-refractivity contribution is 7.99. The predicted octanol–water partition coefficient (Wildman–Crippen LogP) is 3.15. The van der Waals surface area contributed by atoms with Crippen molar-refractivity contribution < 1.29 is 4.74 Å². The fourth-order valence-electron chi connectivity index (χ4n) is 2.97. The van der Waals surface area contributed by atoms with E-state index in [1.54, 1.807) is 7.11 Å². The first-order valence-corrected chi connectivity index (χ1v) is 8.91. The van der Waals surface area contributed by atoms with E-state index in [0.29, 0.717) is 0 Å². The number of imidazole rings is 1. The van der Waals surface area contributed by atoms with Gasteiger partial charge < -0.3 is 9.30 Å². The molecule has 21 heavy (non-hydrogen) atoms. The molecule has 2 aromatic rings. The maximum atomic E-state index is 5.19. The number of hydrogen-bond donors (Lipinski definition) is 0. The minimum Gasteiger partial charge on any atom is -0.385 e. The van der Waals surface area contributed by atoms with Crippen LogP contribution in [0.4, 0.5) is 0 Å². The Labute approximate surface area is 130 Å². The molecule has 4 nitrogen and oxygen atoms in total. The number of aromatic nitrogens is 3. The van der Waals surface area contributed by atoms with Crippen LogP contribution in [-0.4, -0.2) is 39.8 Å². The Kier molecular flexibility index (Phi) is 5.14. The number of fused-ring (bicyclic) bond motifs is 1. The second-order valence-corrected chi connectivity index (χ2v) is 6.86. The van der Waals surface area contributed by atoms with Crippen LogP contribution in [0.3, 0.4) is 0 Å². The highest BCUT2D eigenvalue weighted by Gasteiger charge is 2.19. The van der Waals surface area contributed by atoms with E-state index in [1.807, 2.05) is 12.3 Å². The van der Waals surface area contributed by atoms with E-state index < -0.39 is 0 Å². The number of hydrogen-bond acceptors (Lipinski definition) is 4. The van der Waals surface area contributed by atoms with Gasteiger partial charge in [0.15, 0.2) is 5.65 Å². The summed E-state index contributed by atoms with van der Waals surface area (Å²) >= 11 is 2.08. The van der Waals surface area contributed by atoms with Crippen LogP contribution >= 0.6 is 11.8 Å². The summed E-state index contributed by atoms with van der Waals surface area (Å²) in [5.74, 6) is 4.58. The van der Waals surface area contributed by atoms with Crippen molar-refractivity contribution in [3.8, 4) is 0 Å². The van der Waals surface area contributed by atoms with Crippen molar-refractivity contribution in [2.75, 3.05) is 25.2 Å². The smallest absolute Gasteiger partial charge is 0.159 e. The van der Waals surface area contributed by atoms with E-state index in [9.17, 15) is 0 Å². The number of methoxy groups -OCH3 is 1. The molecular formula is C16H23N3OS. The van der Waals surface area contributed by atoms with E-state index in [4.69, 9.17) is 9.72 Å². The van der Waals surface area contributed by atoms with Gasteiger partial charge >= 0.3 is 0 Å². The molecule has 1 aliphatic rings. The van der Waals surface area contributed by atoms with Crippen molar-refractivity contribution in [3.63, 3.8) is 0 Å². The van der Waals surface area contributed by atoms with Crippen molar-refractivity contribution in [1.82, 2.24) is 14.5 Å². The van der Waals surface area contributed by atoms with Gasteiger partial charge in [-0.2, -0.15) is 11.8 Å².